The van der Waals surface area contributed by atoms with Crippen LogP contribution in [0.1, 0.15) is 13.8 Å². The fourth-order valence-electron chi connectivity index (χ4n) is 0.353. The summed E-state index contributed by atoms with van der Waals surface area (Å²) >= 11 is 0. The number of hydrogen-bond acceptors (Lipinski definition) is 3. The molecule has 0 unspecified atom stereocenters. The molecule has 0 fully saturated rings. The van der Waals surface area contributed by atoms with Gasteiger partial charge in [0.25, 0.3) is 0 Å². The molecule has 0 aromatic carbocycles. The SMILES string of the molecule is [CH2]COC(=O)C(C)(C)CO. The predicted octanol–water partition coefficient (Wildman–Crippen LogP) is 0.382. The van der Waals surface area contributed by atoms with Gasteiger partial charge in [-0.1, -0.05) is 0 Å². The molecule has 0 bridgehead atoms. The molecule has 1 N–H and O–H groups in total. The standard InChI is InChI=1S/C7H13O3/c1-4-10-6(9)7(2,3)5-8/h8H,1,4-5H2,2-3H3. The second-order valence-corrected chi connectivity index (χ2v) is 2.68. The normalized spacial score (nSPS) is 11.2. The maximum Gasteiger partial charge on any atom is 0.313 e. The minimum atomic E-state index is -0.794. The predicted molar refractivity (Wildman–Crippen MR) is 37.2 cm³/mol. The molecule has 3 nitrogen and oxygen atoms in total. The Labute approximate surface area is 61.0 Å². The molecular weight excluding hydrogens is 132 g/mol. The van der Waals surface area contributed by atoms with Crippen LogP contribution in [-0.2, 0) is 9.53 Å². The summed E-state index contributed by atoms with van der Waals surface area (Å²) in [5, 5.41) is 8.67. The van der Waals surface area contributed by atoms with Crippen molar-refractivity contribution < 1.29 is 14.6 Å². The van der Waals surface area contributed by atoms with Crippen molar-refractivity contribution >= 4 is 5.97 Å². The third-order valence-electron chi connectivity index (χ3n) is 1.18. The topological polar surface area (TPSA) is 46.5 Å². The Morgan fingerprint density at radius 3 is 2.50 bits per heavy atom. The summed E-state index contributed by atoms with van der Waals surface area (Å²) in [4.78, 5) is 10.9. The van der Waals surface area contributed by atoms with Gasteiger partial charge in [-0.15, -0.1) is 0 Å². The molecule has 10 heavy (non-hydrogen) atoms. The Kier molecular flexibility index (Phi) is 3.36. The summed E-state index contributed by atoms with van der Waals surface area (Å²) < 4.78 is 4.59. The molecular formula is C7H13O3. The van der Waals surface area contributed by atoms with Crippen molar-refractivity contribution in [2.75, 3.05) is 13.2 Å². The highest BCUT2D eigenvalue weighted by Crippen LogP contribution is 2.15. The molecule has 59 valence electrons. The number of carbonyl (C=O) groups excluding carboxylic acids is 1. The molecule has 0 saturated heterocycles. The van der Waals surface area contributed by atoms with Gasteiger partial charge in [0.1, 0.15) is 0 Å². The van der Waals surface area contributed by atoms with Crippen LogP contribution in [0.5, 0.6) is 0 Å². The number of aliphatic hydroxyl groups excluding tert-OH is 1. The lowest BCUT2D eigenvalue weighted by Gasteiger charge is -2.18. The summed E-state index contributed by atoms with van der Waals surface area (Å²) in [6.07, 6.45) is 0. The number of rotatable bonds is 3. The molecule has 0 atom stereocenters. The number of ether oxygens (including phenoxy) is 1. The smallest absolute Gasteiger partial charge is 0.313 e. The minimum absolute atomic E-state index is 0.113. The van der Waals surface area contributed by atoms with E-state index in [4.69, 9.17) is 5.11 Å². The Hall–Kier alpha value is -0.570. The highest BCUT2D eigenvalue weighted by Gasteiger charge is 2.27. The fourth-order valence-corrected chi connectivity index (χ4v) is 0.353. The first-order valence-corrected chi connectivity index (χ1v) is 3.12. The van der Waals surface area contributed by atoms with Gasteiger partial charge in [-0.3, -0.25) is 4.79 Å². The first-order chi connectivity index (χ1) is 4.54. The zero-order valence-electron chi connectivity index (χ0n) is 6.39. The van der Waals surface area contributed by atoms with Crippen molar-refractivity contribution in [1.82, 2.24) is 0 Å². The van der Waals surface area contributed by atoms with Gasteiger partial charge in [-0.05, 0) is 20.8 Å². The molecule has 0 rings (SSSR count). The van der Waals surface area contributed by atoms with E-state index in [0.29, 0.717) is 0 Å². The van der Waals surface area contributed by atoms with E-state index in [9.17, 15) is 4.79 Å². The van der Waals surface area contributed by atoms with E-state index in [0.717, 1.165) is 0 Å². The largest absolute Gasteiger partial charge is 0.465 e. The third-order valence-corrected chi connectivity index (χ3v) is 1.18. The van der Waals surface area contributed by atoms with Crippen LogP contribution in [0, 0.1) is 12.3 Å². The van der Waals surface area contributed by atoms with Crippen molar-refractivity contribution in [3.05, 3.63) is 6.92 Å². The highest BCUT2D eigenvalue weighted by atomic mass is 16.5. The molecule has 0 aliphatic carbocycles. The first-order valence-electron chi connectivity index (χ1n) is 3.12. The molecule has 0 amide bonds. The first kappa shape index (κ1) is 9.43. The van der Waals surface area contributed by atoms with Gasteiger partial charge >= 0.3 is 5.97 Å². The Balaban J connectivity index is 3.91. The lowest BCUT2D eigenvalue weighted by atomic mass is 9.95. The van der Waals surface area contributed by atoms with Gasteiger partial charge < -0.3 is 9.84 Å². The summed E-state index contributed by atoms with van der Waals surface area (Å²) in [5.41, 5.74) is -0.794. The third kappa shape index (κ3) is 2.35. The minimum Gasteiger partial charge on any atom is -0.465 e. The molecule has 0 aliphatic rings. The van der Waals surface area contributed by atoms with Crippen LogP contribution in [0.25, 0.3) is 0 Å². The summed E-state index contributed by atoms with van der Waals surface area (Å²) in [5.74, 6) is -0.412. The van der Waals surface area contributed by atoms with Gasteiger partial charge in [0, 0.05) is 0 Å². The Bertz CT molecular complexity index is 118. The summed E-state index contributed by atoms with van der Waals surface area (Å²) in [7, 11) is 0. The zero-order valence-corrected chi connectivity index (χ0v) is 6.39. The van der Waals surface area contributed by atoms with Crippen LogP contribution in [0.4, 0.5) is 0 Å². The van der Waals surface area contributed by atoms with Crippen molar-refractivity contribution in [2.45, 2.75) is 13.8 Å². The van der Waals surface area contributed by atoms with E-state index in [1.54, 1.807) is 13.8 Å². The molecule has 0 aromatic heterocycles. The average molecular weight is 145 g/mol. The van der Waals surface area contributed by atoms with E-state index in [1.807, 2.05) is 0 Å². The lowest BCUT2D eigenvalue weighted by Crippen LogP contribution is -2.30. The van der Waals surface area contributed by atoms with Crippen molar-refractivity contribution in [3.8, 4) is 0 Å². The van der Waals surface area contributed by atoms with Crippen molar-refractivity contribution in [1.29, 1.82) is 0 Å². The second-order valence-electron chi connectivity index (χ2n) is 2.68. The summed E-state index contributed by atoms with van der Waals surface area (Å²) in [6.45, 7) is 6.49. The van der Waals surface area contributed by atoms with Gasteiger partial charge in [0.15, 0.2) is 0 Å². The lowest BCUT2D eigenvalue weighted by molar-refractivity contribution is -0.154. The maximum absolute atomic E-state index is 10.9. The van der Waals surface area contributed by atoms with E-state index in [1.165, 1.54) is 0 Å². The van der Waals surface area contributed by atoms with Gasteiger partial charge in [-0.25, -0.2) is 0 Å². The van der Waals surface area contributed by atoms with Crippen LogP contribution in [0.3, 0.4) is 0 Å². The fraction of sp³-hybridized carbons (Fsp3) is 0.714. The van der Waals surface area contributed by atoms with E-state index < -0.39 is 11.4 Å². The quantitative estimate of drug-likeness (QED) is 0.584. The van der Waals surface area contributed by atoms with Crippen LogP contribution in [0.15, 0.2) is 0 Å². The monoisotopic (exact) mass is 145 g/mol. The van der Waals surface area contributed by atoms with Gasteiger partial charge in [0.2, 0.25) is 0 Å². The number of esters is 1. The van der Waals surface area contributed by atoms with Crippen LogP contribution >= 0.6 is 0 Å². The van der Waals surface area contributed by atoms with Crippen LogP contribution < -0.4 is 0 Å². The molecule has 0 saturated carbocycles. The Morgan fingerprint density at radius 2 is 2.20 bits per heavy atom. The van der Waals surface area contributed by atoms with Crippen LogP contribution in [-0.4, -0.2) is 24.3 Å². The average Bonchev–Trinajstić information content (AvgIpc) is 1.89. The van der Waals surface area contributed by atoms with Gasteiger partial charge in [-0.2, -0.15) is 0 Å². The molecule has 3 heteroatoms. The molecule has 1 radical (unpaired) electrons. The zero-order chi connectivity index (χ0) is 8.20. The molecule has 0 aromatic rings. The van der Waals surface area contributed by atoms with Crippen molar-refractivity contribution in [2.24, 2.45) is 5.41 Å². The molecule has 0 aliphatic heterocycles. The van der Waals surface area contributed by atoms with E-state index in [2.05, 4.69) is 11.7 Å². The second kappa shape index (κ2) is 3.56. The van der Waals surface area contributed by atoms with E-state index >= 15 is 0 Å². The Morgan fingerprint density at radius 1 is 1.70 bits per heavy atom. The molecule has 0 heterocycles. The highest BCUT2D eigenvalue weighted by molar-refractivity contribution is 5.76. The summed E-state index contributed by atoms with van der Waals surface area (Å²) in [6, 6.07) is 0. The maximum atomic E-state index is 10.9. The number of carbonyl (C=O) groups is 1. The van der Waals surface area contributed by atoms with Crippen LogP contribution in [0.2, 0.25) is 0 Å². The molecule has 0 spiro atoms. The number of hydrogen-bond donors (Lipinski definition) is 1. The van der Waals surface area contributed by atoms with E-state index in [-0.39, 0.29) is 13.2 Å². The number of aliphatic hydroxyl groups is 1. The van der Waals surface area contributed by atoms with Gasteiger partial charge in [0.05, 0.1) is 18.6 Å². The van der Waals surface area contributed by atoms with Crippen molar-refractivity contribution in [3.63, 3.8) is 0 Å².